The number of hydrogen-bond acceptors (Lipinski definition) is 1. The lowest BCUT2D eigenvalue weighted by Crippen LogP contribution is -2.32. The van der Waals surface area contributed by atoms with Crippen LogP contribution in [0.3, 0.4) is 0 Å². The van der Waals surface area contributed by atoms with Crippen LogP contribution < -0.4 is 4.57 Å². The highest BCUT2D eigenvalue weighted by molar-refractivity contribution is 5.07. The molecule has 0 saturated heterocycles. The van der Waals surface area contributed by atoms with Crippen LogP contribution >= 0.6 is 0 Å². The van der Waals surface area contributed by atoms with Crippen LogP contribution in [0.2, 0.25) is 0 Å². The fraction of sp³-hybridized carbons (Fsp3) is 0.688. The quantitative estimate of drug-likeness (QED) is 0.500. The van der Waals surface area contributed by atoms with Gasteiger partial charge in [-0.1, -0.05) is 32.6 Å². The lowest BCUT2D eigenvalue weighted by molar-refractivity contribution is -0.697. The van der Waals surface area contributed by atoms with E-state index >= 15 is 0 Å². The van der Waals surface area contributed by atoms with Crippen LogP contribution in [-0.2, 0) is 13.0 Å². The van der Waals surface area contributed by atoms with Crippen LogP contribution in [-0.4, -0.2) is 11.7 Å². The fourth-order valence-corrected chi connectivity index (χ4v) is 2.16. The van der Waals surface area contributed by atoms with Gasteiger partial charge >= 0.3 is 0 Å². The largest absolute Gasteiger partial charge is 0.396 e. The molecule has 0 saturated carbocycles. The lowest BCUT2D eigenvalue weighted by Gasteiger charge is -2.00. The van der Waals surface area contributed by atoms with Gasteiger partial charge in [0.05, 0.1) is 0 Å². The van der Waals surface area contributed by atoms with E-state index in [9.17, 15) is 0 Å². The number of hydrogen-bond donors (Lipinski definition) is 1. The van der Waals surface area contributed by atoms with Crippen LogP contribution in [0.4, 0.5) is 0 Å². The summed E-state index contributed by atoms with van der Waals surface area (Å²) >= 11 is 0. The summed E-state index contributed by atoms with van der Waals surface area (Å²) < 4.78 is 2.27. The van der Waals surface area contributed by atoms with Crippen molar-refractivity contribution >= 4 is 0 Å². The summed E-state index contributed by atoms with van der Waals surface area (Å²) in [6.45, 7) is 3.67. The van der Waals surface area contributed by atoms with E-state index < -0.39 is 0 Å². The maximum absolute atomic E-state index is 8.78. The lowest BCUT2D eigenvalue weighted by atomic mass is 10.1. The van der Waals surface area contributed by atoms with Gasteiger partial charge in [-0.05, 0) is 24.8 Å². The van der Waals surface area contributed by atoms with Crippen molar-refractivity contribution in [1.82, 2.24) is 0 Å². The summed E-state index contributed by atoms with van der Waals surface area (Å²) in [6, 6.07) is 4.35. The normalized spacial score (nSPS) is 10.8. The van der Waals surface area contributed by atoms with Crippen molar-refractivity contribution in [2.24, 2.45) is 0 Å². The molecule has 0 fully saturated rings. The first kappa shape index (κ1) is 15.2. The Morgan fingerprint density at radius 3 is 2.28 bits per heavy atom. The first-order chi connectivity index (χ1) is 8.86. The first-order valence-electron chi connectivity index (χ1n) is 7.45. The van der Waals surface area contributed by atoms with E-state index in [0.717, 1.165) is 19.4 Å². The number of unbranched alkanes of at least 4 members (excludes halogenated alkanes) is 5. The SMILES string of the molecule is CCCCCCCC[n+]1ccc(CCCO)cc1. The molecule has 0 spiro atoms. The minimum absolute atomic E-state index is 0.284. The predicted octanol–water partition coefficient (Wildman–Crippen LogP) is 3.26. The van der Waals surface area contributed by atoms with Gasteiger partial charge in [0.2, 0.25) is 0 Å². The second kappa shape index (κ2) is 10.1. The molecule has 1 heterocycles. The molecule has 1 N–H and O–H groups in total. The Morgan fingerprint density at radius 1 is 0.944 bits per heavy atom. The Morgan fingerprint density at radius 2 is 1.61 bits per heavy atom. The van der Waals surface area contributed by atoms with Gasteiger partial charge < -0.3 is 5.11 Å². The average Bonchev–Trinajstić information content (AvgIpc) is 2.42. The van der Waals surface area contributed by atoms with Crippen molar-refractivity contribution < 1.29 is 9.67 Å². The van der Waals surface area contributed by atoms with Gasteiger partial charge in [-0.3, -0.25) is 0 Å². The molecule has 1 aromatic rings. The first-order valence-corrected chi connectivity index (χ1v) is 7.45. The van der Waals surface area contributed by atoms with E-state index in [1.54, 1.807) is 0 Å². The maximum Gasteiger partial charge on any atom is 0.169 e. The Labute approximate surface area is 112 Å². The molecule has 0 unspecified atom stereocenters. The molecule has 0 aromatic carbocycles. The van der Waals surface area contributed by atoms with Gasteiger partial charge in [-0.25, -0.2) is 4.57 Å². The maximum atomic E-state index is 8.78. The van der Waals surface area contributed by atoms with E-state index in [1.807, 2.05) is 0 Å². The van der Waals surface area contributed by atoms with Gasteiger partial charge in [-0.15, -0.1) is 0 Å². The molecular weight excluding hydrogens is 222 g/mol. The topological polar surface area (TPSA) is 24.1 Å². The third kappa shape index (κ3) is 6.75. The minimum Gasteiger partial charge on any atom is -0.396 e. The van der Waals surface area contributed by atoms with Crippen LogP contribution in [0.25, 0.3) is 0 Å². The van der Waals surface area contributed by atoms with Gasteiger partial charge in [-0.2, -0.15) is 0 Å². The Kier molecular flexibility index (Phi) is 8.49. The van der Waals surface area contributed by atoms with E-state index in [-0.39, 0.29) is 6.61 Å². The Bertz CT molecular complexity index is 294. The molecule has 18 heavy (non-hydrogen) atoms. The highest BCUT2D eigenvalue weighted by atomic mass is 16.2. The number of rotatable bonds is 10. The zero-order valence-corrected chi connectivity index (χ0v) is 11.8. The van der Waals surface area contributed by atoms with E-state index in [4.69, 9.17) is 5.11 Å². The Balaban J connectivity index is 2.14. The molecule has 1 rings (SSSR count). The summed E-state index contributed by atoms with van der Waals surface area (Å²) in [4.78, 5) is 0. The van der Waals surface area contributed by atoms with Crippen molar-refractivity contribution in [2.45, 2.75) is 64.8 Å². The minimum atomic E-state index is 0.284. The molecule has 0 bridgehead atoms. The molecule has 0 amide bonds. The number of aliphatic hydroxyl groups excluding tert-OH is 1. The highest BCUT2D eigenvalue weighted by Crippen LogP contribution is 2.05. The second-order valence-corrected chi connectivity index (χ2v) is 5.04. The summed E-state index contributed by atoms with van der Waals surface area (Å²) in [6.07, 6.45) is 14.3. The van der Waals surface area contributed by atoms with Crippen molar-refractivity contribution in [1.29, 1.82) is 0 Å². The van der Waals surface area contributed by atoms with Gasteiger partial charge in [0.15, 0.2) is 12.4 Å². The zero-order chi connectivity index (χ0) is 13.1. The highest BCUT2D eigenvalue weighted by Gasteiger charge is 2.00. The van der Waals surface area contributed by atoms with Crippen molar-refractivity contribution in [3.05, 3.63) is 30.1 Å². The van der Waals surface area contributed by atoms with Gasteiger partial charge in [0.25, 0.3) is 0 Å². The monoisotopic (exact) mass is 250 g/mol. The number of nitrogens with zero attached hydrogens (tertiary/aromatic N) is 1. The van der Waals surface area contributed by atoms with Crippen LogP contribution in [0.5, 0.6) is 0 Å². The molecule has 0 aliphatic carbocycles. The average molecular weight is 250 g/mol. The Hall–Kier alpha value is -0.890. The molecule has 0 aliphatic heterocycles. The van der Waals surface area contributed by atoms with Crippen LogP contribution in [0.15, 0.2) is 24.5 Å². The molecule has 0 atom stereocenters. The number of aliphatic hydroxyl groups is 1. The summed E-state index contributed by atoms with van der Waals surface area (Å²) in [7, 11) is 0. The van der Waals surface area contributed by atoms with E-state index in [0.29, 0.717) is 0 Å². The number of aromatic nitrogens is 1. The van der Waals surface area contributed by atoms with Crippen LogP contribution in [0, 0.1) is 0 Å². The standard InChI is InChI=1S/C16H28NO/c1-2-3-4-5-6-7-12-17-13-10-16(11-14-17)9-8-15-18/h10-11,13-14,18H,2-9,12,15H2,1H3/q+1. The van der Waals surface area contributed by atoms with Crippen LogP contribution in [0.1, 0.15) is 57.4 Å². The van der Waals surface area contributed by atoms with Crippen molar-refractivity contribution in [3.8, 4) is 0 Å². The molecule has 0 aliphatic rings. The molecule has 102 valence electrons. The summed E-state index contributed by atoms with van der Waals surface area (Å²) in [5.41, 5.74) is 1.32. The smallest absolute Gasteiger partial charge is 0.169 e. The van der Waals surface area contributed by atoms with E-state index in [1.165, 1.54) is 44.1 Å². The van der Waals surface area contributed by atoms with Crippen molar-refractivity contribution in [2.75, 3.05) is 6.61 Å². The predicted molar refractivity (Wildman–Crippen MR) is 75.4 cm³/mol. The third-order valence-corrected chi connectivity index (χ3v) is 3.35. The number of aryl methyl sites for hydroxylation is 2. The molecular formula is C16H28NO+. The third-order valence-electron chi connectivity index (χ3n) is 3.35. The molecule has 0 radical (unpaired) electrons. The molecule has 1 aromatic heterocycles. The summed E-state index contributed by atoms with van der Waals surface area (Å²) in [5, 5.41) is 8.78. The van der Waals surface area contributed by atoms with Gasteiger partial charge in [0, 0.05) is 25.2 Å². The molecule has 2 nitrogen and oxygen atoms in total. The van der Waals surface area contributed by atoms with E-state index in [2.05, 4.69) is 36.0 Å². The zero-order valence-electron chi connectivity index (χ0n) is 11.8. The van der Waals surface area contributed by atoms with Crippen molar-refractivity contribution in [3.63, 3.8) is 0 Å². The van der Waals surface area contributed by atoms with Gasteiger partial charge in [0.1, 0.15) is 6.54 Å². The second-order valence-electron chi connectivity index (χ2n) is 5.04. The molecule has 2 heteroatoms. The number of pyridine rings is 1. The fourth-order valence-electron chi connectivity index (χ4n) is 2.16. The summed E-state index contributed by atoms with van der Waals surface area (Å²) in [5.74, 6) is 0.